The van der Waals surface area contributed by atoms with Crippen LogP contribution in [0.15, 0.2) is 12.1 Å². The Morgan fingerprint density at radius 2 is 1.70 bits per heavy atom. The van der Waals surface area contributed by atoms with Crippen molar-refractivity contribution in [3.63, 3.8) is 0 Å². The van der Waals surface area contributed by atoms with Gasteiger partial charge in [-0.05, 0) is 25.0 Å². The van der Waals surface area contributed by atoms with E-state index in [4.69, 9.17) is 0 Å². The fraction of sp³-hybridized carbons (Fsp3) is 0.625. The zero-order valence-electron chi connectivity index (χ0n) is 13.5. The van der Waals surface area contributed by atoms with Gasteiger partial charge in [0.05, 0.1) is 0 Å². The molecule has 1 aliphatic heterocycles. The largest absolute Gasteiger partial charge is 0.366 e. The lowest BCUT2D eigenvalue weighted by atomic mass is 10.2. The number of carbonyl (C=O) groups is 2. The molecule has 1 N–H and O–H groups in total. The van der Waals surface area contributed by atoms with Crippen LogP contribution < -0.4 is 5.32 Å². The number of carbonyl (C=O) groups excluding carboxylic acids is 2. The summed E-state index contributed by atoms with van der Waals surface area (Å²) >= 11 is 0. The van der Waals surface area contributed by atoms with E-state index in [1.54, 1.807) is 22.8 Å². The summed E-state index contributed by atoms with van der Waals surface area (Å²) < 4.78 is 0. The lowest BCUT2D eigenvalue weighted by Gasteiger charge is -2.33. The van der Waals surface area contributed by atoms with Crippen LogP contribution in [0.3, 0.4) is 0 Å². The smallest absolute Gasteiger partial charge is 0.274 e. The molecule has 7 nitrogen and oxygen atoms in total. The fourth-order valence-electron chi connectivity index (χ4n) is 3.19. The minimum absolute atomic E-state index is 0.0548. The standard InChI is InChI=1S/C16H23N5O2/c1-12(22)20-8-10-21(11-9-20)16(23)14-6-7-15(19-18-14)17-13-4-2-3-5-13/h6-7,13H,2-5,8-11H2,1H3,(H,17,19). The van der Waals surface area contributed by atoms with E-state index in [0.29, 0.717) is 37.9 Å². The Balaban J connectivity index is 1.56. The molecule has 0 bridgehead atoms. The van der Waals surface area contributed by atoms with Crippen LogP contribution in [0.25, 0.3) is 0 Å². The lowest BCUT2D eigenvalue weighted by Crippen LogP contribution is -2.50. The fourth-order valence-corrected chi connectivity index (χ4v) is 3.19. The van der Waals surface area contributed by atoms with Gasteiger partial charge in [0.25, 0.3) is 5.91 Å². The van der Waals surface area contributed by atoms with Crippen molar-refractivity contribution in [3.05, 3.63) is 17.8 Å². The SMILES string of the molecule is CC(=O)N1CCN(C(=O)c2ccc(NC3CCCC3)nn2)CC1. The van der Waals surface area contributed by atoms with Crippen LogP contribution in [0, 0.1) is 0 Å². The number of hydrogen-bond acceptors (Lipinski definition) is 5. The van der Waals surface area contributed by atoms with Gasteiger partial charge in [-0.1, -0.05) is 12.8 Å². The highest BCUT2D eigenvalue weighted by Gasteiger charge is 2.24. The number of anilines is 1. The predicted molar refractivity (Wildman–Crippen MR) is 86.1 cm³/mol. The number of rotatable bonds is 3. The maximum Gasteiger partial charge on any atom is 0.274 e. The predicted octanol–water partition coefficient (Wildman–Crippen LogP) is 1.14. The van der Waals surface area contributed by atoms with E-state index >= 15 is 0 Å². The highest BCUT2D eigenvalue weighted by atomic mass is 16.2. The van der Waals surface area contributed by atoms with Gasteiger partial charge in [-0.3, -0.25) is 9.59 Å². The normalized spacial score (nSPS) is 19.0. The number of piperazine rings is 1. The number of nitrogens with zero attached hydrogens (tertiary/aromatic N) is 4. The first-order chi connectivity index (χ1) is 11.1. The van der Waals surface area contributed by atoms with E-state index < -0.39 is 0 Å². The van der Waals surface area contributed by atoms with E-state index in [1.807, 2.05) is 6.07 Å². The maximum atomic E-state index is 12.4. The summed E-state index contributed by atoms with van der Waals surface area (Å²) in [5, 5.41) is 11.6. The quantitative estimate of drug-likeness (QED) is 0.904. The van der Waals surface area contributed by atoms with Gasteiger partial charge in [-0.15, -0.1) is 10.2 Å². The van der Waals surface area contributed by atoms with Gasteiger partial charge in [0.2, 0.25) is 5.91 Å². The lowest BCUT2D eigenvalue weighted by molar-refractivity contribution is -0.130. The van der Waals surface area contributed by atoms with Crippen molar-refractivity contribution in [3.8, 4) is 0 Å². The van der Waals surface area contributed by atoms with Crippen molar-refractivity contribution in [2.45, 2.75) is 38.6 Å². The molecule has 2 aliphatic rings. The molecule has 124 valence electrons. The van der Waals surface area contributed by atoms with Crippen molar-refractivity contribution >= 4 is 17.6 Å². The summed E-state index contributed by atoms with van der Waals surface area (Å²) in [6.07, 6.45) is 4.85. The molecule has 0 unspecified atom stereocenters. The topological polar surface area (TPSA) is 78.4 Å². The third kappa shape index (κ3) is 3.78. The van der Waals surface area contributed by atoms with Crippen molar-refractivity contribution in [1.29, 1.82) is 0 Å². The Labute approximate surface area is 136 Å². The van der Waals surface area contributed by atoms with Crippen molar-refractivity contribution in [2.24, 2.45) is 0 Å². The highest BCUT2D eigenvalue weighted by molar-refractivity contribution is 5.92. The second kappa shape index (κ2) is 6.93. The molecule has 1 aromatic rings. The molecule has 2 fully saturated rings. The van der Waals surface area contributed by atoms with E-state index in [1.165, 1.54) is 25.7 Å². The van der Waals surface area contributed by atoms with Crippen molar-refractivity contribution in [2.75, 3.05) is 31.5 Å². The number of hydrogen-bond donors (Lipinski definition) is 1. The van der Waals surface area contributed by atoms with Crippen LogP contribution >= 0.6 is 0 Å². The van der Waals surface area contributed by atoms with Crippen molar-refractivity contribution in [1.82, 2.24) is 20.0 Å². The maximum absolute atomic E-state index is 12.4. The molecule has 1 saturated carbocycles. The van der Waals surface area contributed by atoms with Gasteiger partial charge in [0, 0.05) is 39.1 Å². The van der Waals surface area contributed by atoms with E-state index in [2.05, 4.69) is 15.5 Å². The molecule has 2 amide bonds. The van der Waals surface area contributed by atoms with Crippen LogP contribution in [-0.4, -0.2) is 64.0 Å². The Hall–Kier alpha value is -2.18. The number of amides is 2. The Morgan fingerprint density at radius 1 is 1.04 bits per heavy atom. The Morgan fingerprint density at radius 3 is 2.26 bits per heavy atom. The molecule has 2 heterocycles. The summed E-state index contributed by atoms with van der Waals surface area (Å²) in [6, 6.07) is 4.03. The Kier molecular flexibility index (Phi) is 4.73. The minimum Gasteiger partial charge on any atom is -0.366 e. The van der Waals surface area contributed by atoms with Gasteiger partial charge in [0.15, 0.2) is 5.69 Å². The van der Waals surface area contributed by atoms with Crippen LogP contribution in [0.1, 0.15) is 43.1 Å². The zero-order chi connectivity index (χ0) is 16.2. The molecule has 0 atom stereocenters. The molecule has 0 aromatic carbocycles. The van der Waals surface area contributed by atoms with Crippen LogP contribution in [0.4, 0.5) is 5.82 Å². The minimum atomic E-state index is -0.117. The molecule has 7 heteroatoms. The average molecular weight is 317 g/mol. The molecular formula is C16H23N5O2. The third-order valence-electron chi connectivity index (χ3n) is 4.60. The van der Waals surface area contributed by atoms with E-state index in [0.717, 1.165) is 5.82 Å². The van der Waals surface area contributed by atoms with Gasteiger partial charge < -0.3 is 15.1 Å². The van der Waals surface area contributed by atoms with Gasteiger partial charge >= 0.3 is 0 Å². The summed E-state index contributed by atoms with van der Waals surface area (Å²) in [7, 11) is 0. The number of aromatic nitrogens is 2. The average Bonchev–Trinajstić information content (AvgIpc) is 3.08. The second-order valence-corrected chi connectivity index (χ2v) is 6.23. The summed E-state index contributed by atoms with van der Waals surface area (Å²) in [5.74, 6) is 0.669. The molecule has 1 aromatic heterocycles. The highest BCUT2D eigenvalue weighted by Crippen LogP contribution is 2.21. The van der Waals surface area contributed by atoms with E-state index in [9.17, 15) is 9.59 Å². The molecule has 0 spiro atoms. The van der Waals surface area contributed by atoms with Gasteiger partial charge in [0.1, 0.15) is 5.82 Å². The Bertz CT molecular complexity index is 560. The second-order valence-electron chi connectivity index (χ2n) is 6.23. The molecular weight excluding hydrogens is 294 g/mol. The van der Waals surface area contributed by atoms with Crippen LogP contribution in [-0.2, 0) is 4.79 Å². The first-order valence-electron chi connectivity index (χ1n) is 8.28. The van der Waals surface area contributed by atoms with Crippen molar-refractivity contribution < 1.29 is 9.59 Å². The van der Waals surface area contributed by atoms with Gasteiger partial charge in [-0.25, -0.2) is 0 Å². The van der Waals surface area contributed by atoms with Gasteiger partial charge in [-0.2, -0.15) is 0 Å². The zero-order valence-corrected chi connectivity index (χ0v) is 13.5. The molecule has 1 saturated heterocycles. The summed E-state index contributed by atoms with van der Waals surface area (Å²) in [6.45, 7) is 3.80. The van der Waals surface area contributed by atoms with Crippen LogP contribution in [0.5, 0.6) is 0 Å². The van der Waals surface area contributed by atoms with Crippen LogP contribution in [0.2, 0.25) is 0 Å². The summed E-state index contributed by atoms with van der Waals surface area (Å²) in [4.78, 5) is 27.2. The third-order valence-corrected chi connectivity index (χ3v) is 4.60. The first-order valence-corrected chi connectivity index (χ1v) is 8.28. The monoisotopic (exact) mass is 317 g/mol. The summed E-state index contributed by atoms with van der Waals surface area (Å²) in [5.41, 5.74) is 0.359. The molecule has 3 rings (SSSR count). The number of nitrogens with one attached hydrogen (secondary N) is 1. The first kappa shape index (κ1) is 15.7. The molecule has 1 aliphatic carbocycles. The molecule has 23 heavy (non-hydrogen) atoms. The molecule has 0 radical (unpaired) electrons. The van der Waals surface area contributed by atoms with E-state index in [-0.39, 0.29) is 11.8 Å².